The number of benzene rings is 1. The van der Waals surface area contributed by atoms with Crippen LogP contribution in [0.15, 0.2) is 24.3 Å². The van der Waals surface area contributed by atoms with E-state index in [1.165, 1.54) is 5.56 Å². The van der Waals surface area contributed by atoms with Gasteiger partial charge in [-0.2, -0.15) is 0 Å². The first-order chi connectivity index (χ1) is 8.38. The fraction of sp³-hybridized carbons (Fsp3) is 0.571. The van der Waals surface area contributed by atoms with Gasteiger partial charge in [-0.1, -0.05) is 25.1 Å². The van der Waals surface area contributed by atoms with Crippen LogP contribution in [0.2, 0.25) is 0 Å². The second-order valence-electron chi connectivity index (χ2n) is 3.95. The molecule has 0 aliphatic rings. The van der Waals surface area contributed by atoms with Crippen LogP contribution < -0.4 is 10.1 Å². The SMILES string of the molecule is CCCOCCCNCc1ccccc1OC. The Morgan fingerprint density at radius 1 is 1.18 bits per heavy atom. The third-order valence-electron chi connectivity index (χ3n) is 2.50. The van der Waals surface area contributed by atoms with Gasteiger partial charge in [-0.3, -0.25) is 0 Å². The molecule has 0 unspecified atom stereocenters. The topological polar surface area (TPSA) is 30.5 Å². The summed E-state index contributed by atoms with van der Waals surface area (Å²) in [5.74, 6) is 0.947. The fourth-order valence-electron chi connectivity index (χ4n) is 1.62. The van der Waals surface area contributed by atoms with Gasteiger partial charge in [0.15, 0.2) is 0 Å². The summed E-state index contributed by atoms with van der Waals surface area (Å²) in [5, 5.41) is 3.39. The quantitative estimate of drug-likeness (QED) is 0.670. The summed E-state index contributed by atoms with van der Waals surface area (Å²) < 4.78 is 10.7. The maximum atomic E-state index is 5.42. The number of para-hydroxylation sites is 1. The first-order valence-electron chi connectivity index (χ1n) is 6.28. The Balaban J connectivity index is 2.13. The van der Waals surface area contributed by atoms with Crippen molar-refractivity contribution >= 4 is 0 Å². The van der Waals surface area contributed by atoms with Crippen molar-refractivity contribution in [2.75, 3.05) is 26.9 Å². The van der Waals surface area contributed by atoms with Crippen LogP contribution in [0.3, 0.4) is 0 Å². The van der Waals surface area contributed by atoms with E-state index in [0.717, 1.165) is 44.9 Å². The maximum absolute atomic E-state index is 5.42. The van der Waals surface area contributed by atoms with E-state index in [9.17, 15) is 0 Å². The van der Waals surface area contributed by atoms with Crippen molar-refractivity contribution in [2.45, 2.75) is 26.3 Å². The Kier molecular flexibility index (Phi) is 7.43. The Hall–Kier alpha value is -1.06. The summed E-state index contributed by atoms with van der Waals surface area (Å²) in [5.41, 5.74) is 1.20. The lowest BCUT2D eigenvalue weighted by Crippen LogP contribution is -2.16. The minimum atomic E-state index is 0.840. The lowest BCUT2D eigenvalue weighted by Gasteiger charge is -2.09. The van der Waals surface area contributed by atoms with Crippen LogP contribution in [0, 0.1) is 0 Å². The van der Waals surface area contributed by atoms with Gasteiger partial charge in [0.1, 0.15) is 5.75 Å². The largest absolute Gasteiger partial charge is 0.496 e. The molecule has 0 aliphatic carbocycles. The highest BCUT2D eigenvalue weighted by Crippen LogP contribution is 2.16. The number of nitrogens with one attached hydrogen (secondary N) is 1. The molecule has 0 radical (unpaired) electrons. The zero-order valence-electron chi connectivity index (χ0n) is 10.9. The van der Waals surface area contributed by atoms with Crippen LogP contribution in [0.25, 0.3) is 0 Å². The standard InChI is InChI=1S/C14H23NO2/c1-3-10-17-11-6-9-15-12-13-7-4-5-8-14(13)16-2/h4-5,7-8,15H,3,6,9-12H2,1-2H3. The highest BCUT2D eigenvalue weighted by molar-refractivity contribution is 5.32. The molecule has 3 nitrogen and oxygen atoms in total. The predicted molar refractivity (Wildman–Crippen MR) is 70.4 cm³/mol. The van der Waals surface area contributed by atoms with Gasteiger partial charge in [-0.15, -0.1) is 0 Å². The molecule has 0 amide bonds. The van der Waals surface area contributed by atoms with Crippen LogP contribution in [0.4, 0.5) is 0 Å². The smallest absolute Gasteiger partial charge is 0.123 e. The molecule has 0 saturated carbocycles. The average molecular weight is 237 g/mol. The molecule has 0 bridgehead atoms. The van der Waals surface area contributed by atoms with Crippen LogP contribution in [-0.2, 0) is 11.3 Å². The van der Waals surface area contributed by atoms with Gasteiger partial charge in [-0.05, 0) is 25.5 Å². The summed E-state index contributed by atoms with van der Waals surface area (Å²) in [7, 11) is 1.71. The molecule has 0 atom stereocenters. The van der Waals surface area contributed by atoms with Gasteiger partial charge in [-0.25, -0.2) is 0 Å². The van der Waals surface area contributed by atoms with Crippen molar-refractivity contribution in [3.05, 3.63) is 29.8 Å². The van der Waals surface area contributed by atoms with E-state index >= 15 is 0 Å². The maximum Gasteiger partial charge on any atom is 0.123 e. The van der Waals surface area contributed by atoms with E-state index in [1.54, 1.807) is 7.11 Å². The van der Waals surface area contributed by atoms with Crippen LogP contribution in [0.1, 0.15) is 25.3 Å². The van der Waals surface area contributed by atoms with Crippen molar-refractivity contribution < 1.29 is 9.47 Å². The molecule has 0 fully saturated rings. The molecule has 1 rings (SSSR count). The molecule has 17 heavy (non-hydrogen) atoms. The third-order valence-corrected chi connectivity index (χ3v) is 2.50. The summed E-state index contributed by atoms with van der Waals surface area (Å²) in [6.45, 7) is 5.65. The second kappa shape index (κ2) is 9.02. The van der Waals surface area contributed by atoms with E-state index in [0.29, 0.717) is 0 Å². The molecule has 0 saturated heterocycles. The lowest BCUT2D eigenvalue weighted by molar-refractivity contribution is 0.132. The second-order valence-corrected chi connectivity index (χ2v) is 3.95. The normalized spacial score (nSPS) is 10.5. The molecular weight excluding hydrogens is 214 g/mol. The summed E-state index contributed by atoms with van der Waals surface area (Å²) in [4.78, 5) is 0. The van der Waals surface area contributed by atoms with Gasteiger partial charge in [0.05, 0.1) is 7.11 Å². The van der Waals surface area contributed by atoms with Crippen LogP contribution >= 0.6 is 0 Å². The van der Waals surface area contributed by atoms with E-state index in [1.807, 2.05) is 18.2 Å². The highest BCUT2D eigenvalue weighted by atomic mass is 16.5. The average Bonchev–Trinajstić information content (AvgIpc) is 2.38. The molecule has 0 heterocycles. The van der Waals surface area contributed by atoms with Gasteiger partial charge in [0.2, 0.25) is 0 Å². The summed E-state index contributed by atoms with van der Waals surface area (Å²) in [6.07, 6.45) is 2.14. The van der Waals surface area contributed by atoms with Crippen LogP contribution in [0.5, 0.6) is 5.75 Å². The van der Waals surface area contributed by atoms with Gasteiger partial charge in [0.25, 0.3) is 0 Å². The lowest BCUT2D eigenvalue weighted by atomic mass is 10.2. The highest BCUT2D eigenvalue weighted by Gasteiger charge is 1.99. The third kappa shape index (κ3) is 5.71. The zero-order valence-corrected chi connectivity index (χ0v) is 10.9. The van der Waals surface area contributed by atoms with Crippen molar-refractivity contribution in [2.24, 2.45) is 0 Å². The molecule has 0 spiro atoms. The number of hydrogen-bond donors (Lipinski definition) is 1. The molecule has 1 aromatic carbocycles. The summed E-state index contributed by atoms with van der Waals surface area (Å²) >= 11 is 0. The van der Waals surface area contributed by atoms with E-state index in [-0.39, 0.29) is 0 Å². The molecule has 0 aromatic heterocycles. The number of ether oxygens (including phenoxy) is 2. The molecule has 3 heteroatoms. The van der Waals surface area contributed by atoms with E-state index in [2.05, 4.69) is 18.3 Å². The Morgan fingerprint density at radius 3 is 2.76 bits per heavy atom. The molecule has 1 N–H and O–H groups in total. The number of methoxy groups -OCH3 is 1. The Morgan fingerprint density at radius 2 is 2.00 bits per heavy atom. The molecule has 96 valence electrons. The Bertz CT molecular complexity index is 302. The molecule has 0 aliphatic heterocycles. The monoisotopic (exact) mass is 237 g/mol. The van der Waals surface area contributed by atoms with E-state index < -0.39 is 0 Å². The molecular formula is C14H23NO2. The zero-order chi connectivity index (χ0) is 12.3. The van der Waals surface area contributed by atoms with Crippen LogP contribution in [-0.4, -0.2) is 26.9 Å². The minimum Gasteiger partial charge on any atom is -0.496 e. The number of rotatable bonds is 9. The first kappa shape index (κ1) is 14.0. The van der Waals surface area contributed by atoms with Crippen molar-refractivity contribution in [3.8, 4) is 5.75 Å². The summed E-state index contributed by atoms with van der Waals surface area (Å²) in [6, 6.07) is 8.09. The first-order valence-corrected chi connectivity index (χ1v) is 6.28. The fourth-order valence-corrected chi connectivity index (χ4v) is 1.62. The van der Waals surface area contributed by atoms with Gasteiger partial charge in [0, 0.05) is 25.3 Å². The van der Waals surface area contributed by atoms with Gasteiger partial charge < -0.3 is 14.8 Å². The minimum absolute atomic E-state index is 0.840. The van der Waals surface area contributed by atoms with Crippen molar-refractivity contribution in [1.82, 2.24) is 5.32 Å². The predicted octanol–water partition coefficient (Wildman–Crippen LogP) is 2.60. The number of hydrogen-bond acceptors (Lipinski definition) is 3. The molecule has 1 aromatic rings. The van der Waals surface area contributed by atoms with E-state index in [4.69, 9.17) is 9.47 Å². The Labute approximate surface area is 104 Å². The van der Waals surface area contributed by atoms with Crippen molar-refractivity contribution in [3.63, 3.8) is 0 Å². The van der Waals surface area contributed by atoms with Gasteiger partial charge >= 0.3 is 0 Å². The van der Waals surface area contributed by atoms with Crippen molar-refractivity contribution in [1.29, 1.82) is 0 Å².